The molecule has 0 saturated carbocycles. The monoisotopic (exact) mass is 170 g/mol. The number of rotatable bonds is 6. The third kappa shape index (κ3) is 5.33. The molecule has 0 saturated heterocycles. The van der Waals surface area contributed by atoms with Crippen molar-refractivity contribution in [2.75, 3.05) is 26.7 Å². The Morgan fingerprint density at radius 2 is 2.17 bits per heavy atom. The van der Waals surface area contributed by atoms with Gasteiger partial charge in [0.15, 0.2) is 0 Å². The lowest BCUT2D eigenvalue weighted by molar-refractivity contribution is 0.293. The van der Waals surface area contributed by atoms with Crippen molar-refractivity contribution in [2.45, 2.75) is 20.3 Å². The van der Waals surface area contributed by atoms with Crippen LogP contribution in [0.2, 0.25) is 0 Å². The van der Waals surface area contributed by atoms with E-state index >= 15 is 0 Å². The van der Waals surface area contributed by atoms with Crippen molar-refractivity contribution < 1.29 is 0 Å². The van der Waals surface area contributed by atoms with Crippen LogP contribution >= 0.6 is 0 Å². The first-order valence-electron chi connectivity index (χ1n) is 4.63. The Kier molecular flexibility index (Phi) is 6.03. The van der Waals surface area contributed by atoms with Crippen LogP contribution in [-0.4, -0.2) is 31.6 Å². The van der Waals surface area contributed by atoms with Gasteiger partial charge in [0, 0.05) is 13.1 Å². The van der Waals surface area contributed by atoms with Crippen molar-refractivity contribution in [3.63, 3.8) is 0 Å². The molecule has 2 heteroatoms. The largest absolute Gasteiger partial charge is 0.330 e. The summed E-state index contributed by atoms with van der Waals surface area (Å²) in [6.45, 7) is 11.0. The van der Waals surface area contributed by atoms with Crippen LogP contribution in [0, 0.1) is 5.92 Å². The molecule has 0 amide bonds. The van der Waals surface area contributed by atoms with E-state index in [2.05, 4.69) is 32.4 Å². The zero-order valence-electron chi connectivity index (χ0n) is 8.64. The van der Waals surface area contributed by atoms with Gasteiger partial charge in [0.2, 0.25) is 0 Å². The SMILES string of the molecule is C=C(C)CN(C)CC(CC)CN. The summed E-state index contributed by atoms with van der Waals surface area (Å²) in [4.78, 5) is 2.28. The molecule has 0 radical (unpaired) electrons. The van der Waals surface area contributed by atoms with Gasteiger partial charge >= 0.3 is 0 Å². The van der Waals surface area contributed by atoms with Gasteiger partial charge in [-0.2, -0.15) is 0 Å². The van der Waals surface area contributed by atoms with Crippen LogP contribution in [0.15, 0.2) is 12.2 Å². The summed E-state index contributed by atoms with van der Waals surface area (Å²) < 4.78 is 0. The highest BCUT2D eigenvalue weighted by molar-refractivity contribution is 4.91. The summed E-state index contributed by atoms with van der Waals surface area (Å²) >= 11 is 0. The van der Waals surface area contributed by atoms with E-state index in [0.717, 1.165) is 26.1 Å². The third-order valence-corrected chi connectivity index (χ3v) is 2.02. The molecule has 1 atom stereocenters. The Labute approximate surface area is 76.4 Å². The van der Waals surface area contributed by atoms with E-state index in [1.807, 2.05) is 0 Å². The van der Waals surface area contributed by atoms with Crippen molar-refractivity contribution in [3.05, 3.63) is 12.2 Å². The van der Waals surface area contributed by atoms with Crippen molar-refractivity contribution in [2.24, 2.45) is 11.7 Å². The van der Waals surface area contributed by atoms with Crippen LogP contribution in [0.5, 0.6) is 0 Å². The van der Waals surface area contributed by atoms with Gasteiger partial charge < -0.3 is 10.6 Å². The molecule has 0 spiro atoms. The molecule has 0 heterocycles. The molecular formula is C10H22N2. The molecular weight excluding hydrogens is 148 g/mol. The first-order chi connectivity index (χ1) is 5.60. The lowest BCUT2D eigenvalue weighted by atomic mass is 10.1. The minimum atomic E-state index is 0.634. The Morgan fingerprint density at radius 3 is 2.50 bits per heavy atom. The van der Waals surface area contributed by atoms with Crippen molar-refractivity contribution >= 4 is 0 Å². The van der Waals surface area contributed by atoms with Crippen molar-refractivity contribution in [1.82, 2.24) is 4.90 Å². The van der Waals surface area contributed by atoms with Crippen LogP contribution < -0.4 is 5.73 Å². The predicted octanol–water partition coefficient (Wildman–Crippen LogP) is 1.48. The van der Waals surface area contributed by atoms with Gasteiger partial charge in [-0.25, -0.2) is 0 Å². The average molecular weight is 170 g/mol. The van der Waals surface area contributed by atoms with Gasteiger partial charge in [0.05, 0.1) is 0 Å². The standard InChI is InChI=1S/C10H22N2/c1-5-10(6-11)8-12(4)7-9(2)3/h10H,2,5-8,11H2,1,3-4H3. The molecule has 0 fully saturated rings. The second-order valence-electron chi connectivity index (χ2n) is 3.66. The minimum absolute atomic E-state index is 0.634. The van der Waals surface area contributed by atoms with Crippen LogP contribution in [0.25, 0.3) is 0 Å². The van der Waals surface area contributed by atoms with Crippen LogP contribution in [0.1, 0.15) is 20.3 Å². The number of likely N-dealkylation sites (N-methyl/N-ethyl adjacent to an activating group) is 1. The highest BCUT2D eigenvalue weighted by atomic mass is 15.1. The molecule has 2 N–H and O–H groups in total. The van der Waals surface area contributed by atoms with Crippen molar-refractivity contribution in [1.29, 1.82) is 0 Å². The van der Waals surface area contributed by atoms with E-state index in [1.165, 1.54) is 5.57 Å². The number of nitrogens with two attached hydrogens (primary N) is 1. The molecule has 12 heavy (non-hydrogen) atoms. The zero-order chi connectivity index (χ0) is 9.56. The first-order valence-corrected chi connectivity index (χ1v) is 4.63. The number of hydrogen-bond donors (Lipinski definition) is 1. The Morgan fingerprint density at radius 1 is 1.58 bits per heavy atom. The van der Waals surface area contributed by atoms with Crippen LogP contribution in [-0.2, 0) is 0 Å². The van der Waals surface area contributed by atoms with Crippen molar-refractivity contribution in [3.8, 4) is 0 Å². The maximum absolute atomic E-state index is 5.61. The van der Waals surface area contributed by atoms with Gasteiger partial charge in [-0.15, -0.1) is 0 Å². The van der Waals surface area contributed by atoms with Crippen LogP contribution in [0.3, 0.4) is 0 Å². The molecule has 2 nitrogen and oxygen atoms in total. The van der Waals surface area contributed by atoms with E-state index in [-0.39, 0.29) is 0 Å². The molecule has 72 valence electrons. The van der Waals surface area contributed by atoms with E-state index in [0.29, 0.717) is 5.92 Å². The van der Waals surface area contributed by atoms with Gasteiger partial charge in [-0.1, -0.05) is 25.5 Å². The minimum Gasteiger partial charge on any atom is -0.330 e. The second kappa shape index (κ2) is 6.21. The lowest BCUT2D eigenvalue weighted by Crippen LogP contribution is -2.30. The average Bonchev–Trinajstić information content (AvgIpc) is 1.98. The fourth-order valence-electron chi connectivity index (χ4n) is 1.34. The normalized spacial score (nSPS) is 13.4. The number of nitrogens with zero attached hydrogens (tertiary/aromatic N) is 1. The maximum Gasteiger partial charge on any atom is 0.0184 e. The first kappa shape index (κ1) is 11.7. The highest BCUT2D eigenvalue weighted by Gasteiger charge is 2.06. The van der Waals surface area contributed by atoms with Gasteiger partial charge in [0.25, 0.3) is 0 Å². The van der Waals surface area contributed by atoms with E-state index < -0.39 is 0 Å². The molecule has 0 bridgehead atoms. The number of hydrogen-bond acceptors (Lipinski definition) is 2. The summed E-state index contributed by atoms with van der Waals surface area (Å²) in [6, 6.07) is 0. The smallest absolute Gasteiger partial charge is 0.0184 e. The van der Waals surface area contributed by atoms with E-state index in [4.69, 9.17) is 5.73 Å². The molecule has 0 aromatic rings. The molecule has 1 unspecified atom stereocenters. The summed E-state index contributed by atoms with van der Waals surface area (Å²) in [5, 5.41) is 0. The fourth-order valence-corrected chi connectivity index (χ4v) is 1.34. The molecule has 0 rings (SSSR count). The fraction of sp³-hybridized carbons (Fsp3) is 0.800. The summed E-state index contributed by atoms with van der Waals surface area (Å²) in [6.07, 6.45) is 1.16. The summed E-state index contributed by atoms with van der Waals surface area (Å²) in [7, 11) is 2.12. The lowest BCUT2D eigenvalue weighted by Gasteiger charge is -2.21. The molecule has 0 aromatic carbocycles. The maximum atomic E-state index is 5.61. The molecule has 0 aliphatic rings. The quantitative estimate of drug-likeness (QED) is 0.612. The predicted molar refractivity (Wildman–Crippen MR) is 55.1 cm³/mol. The topological polar surface area (TPSA) is 29.3 Å². The molecule has 0 aromatic heterocycles. The highest BCUT2D eigenvalue weighted by Crippen LogP contribution is 2.03. The van der Waals surface area contributed by atoms with Gasteiger partial charge in [-0.05, 0) is 26.4 Å². The van der Waals surface area contributed by atoms with Gasteiger partial charge in [0.1, 0.15) is 0 Å². The third-order valence-electron chi connectivity index (χ3n) is 2.02. The van der Waals surface area contributed by atoms with E-state index in [9.17, 15) is 0 Å². The molecule has 0 aliphatic heterocycles. The Hall–Kier alpha value is -0.340. The van der Waals surface area contributed by atoms with Gasteiger partial charge in [-0.3, -0.25) is 0 Å². The molecule has 0 aliphatic carbocycles. The van der Waals surface area contributed by atoms with Crippen LogP contribution in [0.4, 0.5) is 0 Å². The zero-order valence-corrected chi connectivity index (χ0v) is 8.64. The summed E-state index contributed by atoms with van der Waals surface area (Å²) in [5.41, 5.74) is 6.83. The van der Waals surface area contributed by atoms with E-state index in [1.54, 1.807) is 0 Å². The summed E-state index contributed by atoms with van der Waals surface area (Å²) in [5.74, 6) is 0.634. The second-order valence-corrected chi connectivity index (χ2v) is 3.66. The Balaban J connectivity index is 3.65. The Bertz CT molecular complexity index is 128.